The fraction of sp³-hybridized carbons (Fsp3) is 0.571. The van der Waals surface area contributed by atoms with E-state index in [0.29, 0.717) is 6.61 Å². The lowest BCUT2D eigenvalue weighted by atomic mass is 9.93. The molecule has 18 heavy (non-hydrogen) atoms. The minimum atomic E-state index is -0.885. The molecule has 0 aliphatic rings. The zero-order valence-electron chi connectivity index (χ0n) is 11.2. The van der Waals surface area contributed by atoms with Crippen molar-refractivity contribution < 1.29 is 13.5 Å². The van der Waals surface area contributed by atoms with Crippen LogP contribution in [0.3, 0.4) is 0 Å². The minimum absolute atomic E-state index is 0.158. The van der Waals surface area contributed by atoms with Crippen molar-refractivity contribution in [3.05, 3.63) is 35.4 Å². The van der Waals surface area contributed by atoms with Gasteiger partial charge in [0.2, 0.25) is 0 Å². The van der Waals surface area contributed by atoms with Gasteiger partial charge in [0.05, 0.1) is 12.6 Å². The van der Waals surface area contributed by atoms with E-state index in [1.54, 1.807) is 0 Å². The highest BCUT2D eigenvalue weighted by Gasteiger charge is 2.15. The maximum Gasteiger partial charge on any atom is 0.163 e. The molecule has 0 fully saturated rings. The van der Waals surface area contributed by atoms with Crippen LogP contribution in [0, 0.1) is 17.0 Å². The van der Waals surface area contributed by atoms with Crippen molar-refractivity contribution >= 4 is 0 Å². The summed E-state index contributed by atoms with van der Waals surface area (Å²) in [6.45, 7) is 7.10. The molecule has 102 valence electrons. The van der Waals surface area contributed by atoms with E-state index in [-0.39, 0.29) is 17.6 Å². The van der Waals surface area contributed by atoms with Crippen LogP contribution < -0.4 is 5.73 Å². The highest BCUT2D eigenvalue weighted by atomic mass is 19.2. The molecule has 2 N–H and O–H groups in total. The van der Waals surface area contributed by atoms with E-state index in [4.69, 9.17) is 10.5 Å². The maximum absolute atomic E-state index is 13.4. The van der Waals surface area contributed by atoms with Crippen LogP contribution >= 0.6 is 0 Å². The van der Waals surface area contributed by atoms with Crippen LogP contribution in [0.25, 0.3) is 0 Å². The zero-order chi connectivity index (χ0) is 13.8. The first-order valence-corrected chi connectivity index (χ1v) is 6.08. The molecule has 0 saturated carbocycles. The number of nitrogens with two attached hydrogens (primary N) is 1. The molecule has 2 nitrogen and oxygen atoms in total. The number of halogens is 2. The Hall–Kier alpha value is -1.00. The topological polar surface area (TPSA) is 35.2 Å². The third-order valence-corrected chi connectivity index (χ3v) is 2.67. The minimum Gasteiger partial charge on any atom is -0.379 e. The summed E-state index contributed by atoms with van der Waals surface area (Å²) in [7, 11) is 0. The van der Waals surface area contributed by atoms with Crippen LogP contribution in [0.15, 0.2) is 18.2 Å². The summed E-state index contributed by atoms with van der Waals surface area (Å²) in [4.78, 5) is 0. The smallest absolute Gasteiger partial charge is 0.163 e. The summed E-state index contributed by atoms with van der Waals surface area (Å²) in [5.41, 5.74) is 6.13. The predicted molar refractivity (Wildman–Crippen MR) is 68.2 cm³/mol. The molecule has 0 heterocycles. The normalized spacial score (nSPS) is 13.7. The van der Waals surface area contributed by atoms with Crippen LogP contribution in [0.1, 0.15) is 38.8 Å². The van der Waals surface area contributed by atoms with E-state index in [1.807, 2.05) is 0 Å². The number of rotatable bonds is 5. The average molecular weight is 257 g/mol. The largest absolute Gasteiger partial charge is 0.379 e. The summed E-state index contributed by atoms with van der Waals surface area (Å²) in [5.74, 6) is -1.76. The monoisotopic (exact) mass is 257 g/mol. The Balaban J connectivity index is 2.46. The Morgan fingerprint density at radius 1 is 1.28 bits per heavy atom. The SMILES string of the molecule is CC(C)(C)CCOCC(N)c1cccc(F)c1F. The molecule has 0 spiro atoms. The molecule has 0 aliphatic heterocycles. The second-order valence-electron chi connectivity index (χ2n) is 5.64. The first-order chi connectivity index (χ1) is 8.31. The summed E-state index contributed by atoms with van der Waals surface area (Å²) in [6, 6.07) is 3.37. The van der Waals surface area contributed by atoms with E-state index < -0.39 is 17.7 Å². The third-order valence-electron chi connectivity index (χ3n) is 2.67. The van der Waals surface area contributed by atoms with E-state index >= 15 is 0 Å². The molecule has 0 amide bonds. The molecule has 0 aliphatic carbocycles. The van der Waals surface area contributed by atoms with Crippen LogP contribution in [0.4, 0.5) is 8.78 Å². The van der Waals surface area contributed by atoms with Gasteiger partial charge in [-0.25, -0.2) is 8.78 Å². The van der Waals surface area contributed by atoms with Crippen molar-refractivity contribution in [3.8, 4) is 0 Å². The van der Waals surface area contributed by atoms with Gasteiger partial charge < -0.3 is 10.5 Å². The Labute approximate surface area is 107 Å². The molecule has 1 aromatic carbocycles. The van der Waals surface area contributed by atoms with Gasteiger partial charge in [-0.05, 0) is 17.9 Å². The fourth-order valence-corrected chi connectivity index (χ4v) is 1.49. The highest BCUT2D eigenvalue weighted by Crippen LogP contribution is 2.20. The summed E-state index contributed by atoms with van der Waals surface area (Å²) < 4.78 is 31.9. The van der Waals surface area contributed by atoms with Crippen LogP contribution in [-0.4, -0.2) is 13.2 Å². The Kier molecular flexibility index (Phi) is 5.23. The molecule has 0 bridgehead atoms. The van der Waals surface area contributed by atoms with Crippen LogP contribution in [0.2, 0.25) is 0 Å². The van der Waals surface area contributed by atoms with Gasteiger partial charge in [-0.15, -0.1) is 0 Å². The number of ether oxygens (including phenoxy) is 1. The Morgan fingerprint density at radius 2 is 1.94 bits per heavy atom. The van der Waals surface area contributed by atoms with Gasteiger partial charge >= 0.3 is 0 Å². The number of hydrogen-bond acceptors (Lipinski definition) is 2. The second-order valence-corrected chi connectivity index (χ2v) is 5.64. The number of benzene rings is 1. The molecule has 1 unspecified atom stereocenters. The van der Waals surface area contributed by atoms with Crippen molar-refractivity contribution in [2.45, 2.75) is 33.2 Å². The molecule has 1 atom stereocenters. The lowest BCUT2D eigenvalue weighted by Crippen LogP contribution is -2.20. The van der Waals surface area contributed by atoms with Crippen LogP contribution in [0.5, 0.6) is 0 Å². The van der Waals surface area contributed by atoms with E-state index in [0.717, 1.165) is 12.5 Å². The quantitative estimate of drug-likeness (QED) is 0.820. The van der Waals surface area contributed by atoms with Gasteiger partial charge in [-0.2, -0.15) is 0 Å². The maximum atomic E-state index is 13.4. The van der Waals surface area contributed by atoms with E-state index in [9.17, 15) is 8.78 Å². The predicted octanol–water partition coefficient (Wildman–Crippen LogP) is 3.42. The Bertz CT molecular complexity index is 388. The second kappa shape index (κ2) is 6.25. The lowest BCUT2D eigenvalue weighted by Gasteiger charge is -2.19. The fourth-order valence-electron chi connectivity index (χ4n) is 1.49. The summed E-state index contributed by atoms with van der Waals surface area (Å²) in [6.07, 6.45) is 0.894. The van der Waals surface area contributed by atoms with Gasteiger partial charge in [0.1, 0.15) is 0 Å². The van der Waals surface area contributed by atoms with Gasteiger partial charge in [-0.1, -0.05) is 32.9 Å². The number of hydrogen-bond donors (Lipinski definition) is 1. The van der Waals surface area contributed by atoms with Crippen molar-refractivity contribution in [3.63, 3.8) is 0 Å². The first kappa shape index (κ1) is 15.1. The van der Waals surface area contributed by atoms with Crippen molar-refractivity contribution in [2.75, 3.05) is 13.2 Å². The Morgan fingerprint density at radius 3 is 2.56 bits per heavy atom. The molecular weight excluding hydrogens is 236 g/mol. The van der Waals surface area contributed by atoms with Gasteiger partial charge in [0.15, 0.2) is 11.6 Å². The molecule has 4 heteroatoms. The zero-order valence-corrected chi connectivity index (χ0v) is 11.2. The van der Waals surface area contributed by atoms with Crippen molar-refractivity contribution in [2.24, 2.45) is 11.1 Å². The van der Waals surface area contributed by atoms with E-state index in [1.165, 1.54) is 12.1 Å². The van der Waals surface area contributed by atoms with Crippen molar-refractivity contribution in [1.82, 2.24) is 0 Å². The van der Waals surface area contributed by atoms with Gasteiger partial charge in [0.25, 0.3) is 0 Å². The average Bonchev–Trinajstić information content (AvgIpc) is 2.26. The molecule has 0 aromatic heterocycles. The van der Waals surface area contributed by atoms with E-state index in [2.05, 4.69) is 20.8 Å². The molecule has 0 radical (unpaired) electrons. The molecule has 1 rings (SSSR count). The lowest BCUT2D eigenvalue weighted by molar-refractivity contribution is 0.0966. The third kappa shape index (κ3) is 4.70. The van der Waals surface area contributed by atoms with Gasteiger partial charge in [0, 0.05) is 12.2 Å². The molecule has 1 aromatic rings. The molecular formula is C14H21F2NO. The highest BCUT2D eigenvalue weighted by molar-refractivity contribution is 5.22. The van der Waals surface area contributed by atoms with Crippen molar-refractivity contribution in [1.29, 1.82) is 0 Å². The standard InChI is InChI=1S/C14H21F2NO/c1-14(2,3)7-8-18-9-12(17)10-5-4-6-11(15)13(10)16/h4-6,12H,7-9,17H2,1-3H3. The van der Waals surface area contributed by atoms with Crippen LogP contribution in [-0.2, 0) is 4.74 Å². The van der Waals surface area contributed by atoms with Gasteiger partial charge in [-0.3, -0.25) is 0 Å². The summed E-state index contributed by atoms with van der Waals surface area (Å²) >= 11 is 0. The first-order valence-electron chi connectivity index (χ1n) is 6.08. The summed E-state index contributed by atoms with van der Waals surface area (Å²) in [5, 5.41) is 0. The molecule has 0 saturated heterocycles.